The van der Waals surface area contributed by atoms with E-state index >= 15 is 0 Å². The summed E-state index contributed by atoms with van der Waals surface area (Å²) in [5.74, 6) is 0.787. The van der Waals surface area contributed by atoms with Gasteiger partial charge in [0.1, 0.15) is 5.44 Å². The highest BCUT2D eigenvalue weighted by Crippen LogP contribution is 2.64. The molecule has 2 fully saturated rings. The van der Waals surface area contributed by atoms with Crippen LogP contribution in [0, 0.1) is 5.41 Å². The van der Waals surface area contributed by atoms with E-state index in [1.165, 1.54) is 22.4 Å². The van der Waals surface area contributed by atoms with E-state index in [-0.39, 0.29) is 11.0 Å². The summed E-state index contributed by atoms with van der Waals surface area (Å²) in [6.45, 7) is 27.6. The second-order valence-corrected chi connectivity index (χ2v) is 14.0. The third-order valence-electron chi connectivity index (χ3n) is 9.24. The molecule has 2 aromatic carbocycles. The Kier molecular flexibility index (Phi) is 6.54. The Morgan fingerprint density at radius 3 is 1.61 bits per heavy atom. The summed E-state index contributed by atoms with van der Waals surface area (Å²) in [7, 11) is -0.429. The number of para-hydroxylation sites is 1. The fraction of sp³-hybridized carbons (Fsp3) is 0.625. The Morgan fingerprint density at radius 1 is 0.694 bits per heavy atom. The maximum absolute atomic E-state index is 7.02. The Hall–Kier alpha value is -1.78. The first-order valence-electron chi connectivity index (χ1n) is 13.8. The topological polar surface area (TPSA) is 21.7 Å². The minimum absolute atomic E-state index is 0.127. The van der Waals surface area contributed by atoms with Crippen LogP contribution >= 0.6 is 0 Å². The Labute approximate surface area is 221 Å². The minimum atomic E-state index is -0.530. The molecular weight excluding hydrogens is 441 g/mol. The lowest BCUT2D eigenvalue weighted by Gasteiger charge is -2.52. The molecule has 36 heavy (non-hydrogen) atoms. The Morgan fingerprint density at radius 2 is 1.17 bits per heavy atom. The van der Waals surface area contributed by atoms with Gasteiger partial charge in [-0.25, -0.2) is 0 Å². The fourth-order valence-corrected chi connectivity index (χ4v) is 7.11. The molecule has 2 aliphatic heterocycles. The predicted octanol–water partition coefficient (Wildman–Crippen LogP) is 8.48. The molecule has 2 saturated heterocycles. The molecule has 2 aliphatic rings. The van der Waals surface area contributed by atoms with Gasteiger partial charge in [0.25, 0.3) is 0 Å². The summed E-state index contributed by atoms with van der Waals surface area (Å²) in [5.41, 5.74) is 3.75. The van der Waals surface area contributed by atoms with Gasteiger partial charge >= 0.3 is 7.12 Å². The van der Waals surface area contributed by atoms with Gasteiger partial charge < -0.3 is 14.2 Å². The number of nitrogens with zero attached hydrogens (tertiary/aromatic N) is 1. The van der Waals surface area contributed by atoms with E-state index in [0.717, 1.165) is 6.42 Å². The van der Waals surface area contributed by atoms with Crippen molar-refractivity contribution in [3.05, 3.63) is 65.2 Å². The second kappa shape index (κ2) is 8.63. The molecule has 0 bridgehead atoms. The molecule has 0 aromatic heterocycles. The van der Waals surface area contributed by atoms with Crippen LogP contribution in [0.1, 0.15) is 118 Å². The van der Waals surface area contributed by atoms with Crippen molar-refractivity contribution in [2.75, 3.05) is 4.90 Å². The zero-order valence-corrected chi connectivity index (χ0v) is 24.8. The molecule has 2 heterocycles. The van der Waals surface area contributed by atoms with Gasteiger partial charge in [0, 0.05) is 11.2 Å². The molecule has 3 nitrogen and oxygen atoms in total. The van der Waals surface area contributed by atoms with Gasteiger partial charge in [0.05, 0.1) is 11.2 Å². The van der Waals surface area contributed by atoms with Crippen LogP contribution in [0.25, 0.3) is 0 Å². The first-order valence-corrected chi connectivity index (χ1v) is 13.8. The third-order valence-corrected chi connectivity index (χ3v) is 9.24. The molecule has 1 atom stereocenters. The van der Waals surface area contributed by atoms with Gasteiger partial charge in [-0.05, 0) is 81.9 Å². The zero-order valence-electron chi connectivity index (χ0n) is 24.8. The lowest BCUT2D eigenvalue weighted by atomic mass is 9.49. The van der Waals surface area contributed by atoms with Crippen LogP contribution in [0.5, 0.6) is 0 Å². The molecule has 0 spiro atoms. The van der Waals surface area contributed by atoms with Crippen molar-refractivity contribution in [1.29, 1.82) is 0 Å². The molecule has 196 valence electrons. The SMILES string of the molecule is CC(C)c1cccc(C(C)C)c1N1C(C)(C)CC(C)(C)[C@]1(B1OC(C)(C)C(C)(C)O1)c1ccccc1. The molecule has 4 rings (SSSR count). The quantitative estimate of drug-likeness (QED) is 0.393. The van der Waals surface area contributed by atoms with E-state index in [9.17, 15) is 0 Å². The van der Waals surface area contributed by atoms with Crippen molar-refractivity contribution in [2.24, 2.45) is 5.41 Å². The first kappa shape index (κ1) is 27.3. The van der Waals surface area contributed by atoms with Crippen molar-refractivity contribution >= 4 is 12.8 Å². The maximum atomic E-state index is 7.02. The average molecular weight is 490 g/mol. The minimum Gasteiger partial charge on any atom is -0.401 e. The van der Waals surface area contributed by atoms with Crippen molar-refractivity contribution in [1.82, 2.24) is 0 Å². The van der Waals surface area contributed by atoms with Gasteiger partial charge in [-0.1, -0.05) is 90.1 Å². The van der Waals surface area contributed by atoms with Gasteiger partial charge in [0.15, 0.2) is 0 Å². The van der Waals surface area contributed by atoms with E-state index < -0.39 is 23.8 Å². The van der Waals surface area contributed by atoms with E-state index in [4.69, 9.17) is 9.31 Å². The number of benzene rings is 2. The van der Waals surface area contributed by atoms with Crippen LogP contribution < -0.4 is 4.90 Å². The van der Waals surface area contributed by atoms with E-state index in [2.05, 4.69) is 137 Å². The average Bonchev–Trinajstić information content (AvgIpc) is 3.07. The molecule has 4 heteroatoms. The molecule has 0 saturated carbocycles. The molecule has 0 unspecified atom stereocenters. The summed E-state index contributed by atoms with van der Waals surface area (Å²) in [5, 5.41) is 0. The first-order chi connectivity index (χ1) is 16.5. The number of hydrogen-bond acceptors (Lipinski definition) is 3. The number of anilines is 1. The highest BCUT2D eigenvalue weighted by molar-refractivity contribution is 6.51. The van der Waals surface area contributed by atoms with Crippen molar-refractivity contribution in [2.45, 2.75) is 124 Å². The fourth-order valence-electron chi connectivity index (χ4n) is 7.11. The van der Waals surface area contributed by atoms with Gasteiger partial charge in [-0.2, -0.15) is 0 Å². The van der Waals surface area contributed by atoms with Crippen molar-refractivity contribution < 1.29 is 9.31 Å². The molecular formula is C32H48BNO2. The summed E-state index contributed by atoms with van der Waals surface area (Å²) in [6.07, 6.45) is 1.02. The van der Waals surface area contributed by atoms with Crippen molar-refractivity contribution in [3.8, 4) is 0 Å². The van der Waals surface area contributed by atoms with Gasteiger partial charge in [0.2, 0.25) is 0 Å². The van der Waals surface area contributed by atoms with E-state index in [1.807, 2.05) is 0 Å². The van der Waals surface area contributed by atoms with E-state index in [1.54, 1.807) is 0 Å². The van der Waals surface area contributed by atoms with Crippen LogP contribution in [-0.4, -0.2) is 23.9 Å². The lowest BCUT2D eigenvalue weighted by molar-refractivity contribution is 0.00578. The zero-order chi connectivity index (χ0) is 26.9. The Bertz CT molecular complexity index is 1060. The second-order valence-electron chi connectivity index (χ2n) is 14.0. The summed E-state index contributed by atoms with van der Waals surface area (Å²) in [4.78, 5) is 2.74. The molecule has 0 radical (unpaired) electrons. The highest BCUT2D eigenvalue weighted by Gasteiger charge is 2.73. The van der Waals surface area contributed by atoms with Crippen LogP contribution in [0.3, 0.4) is 0 Å². The van der Waals surface area contributed by atoms with E-state index in [0.29, 0.717) is 11.8 Å². The highest BCUT2D eigenvalue weighted by atomic mass is 16.7. The molecule has 0 N–H and O–H groups in total. The maximum Gasteiger partial charge on any atom is 0.490 e. The van der Waals surface area contributed by atoms with Crippen LogP contribution in [0.4, 0.5) is 5.69 Å². The van der Waals surface area contributed by atoms with Crippen LogP contribution in [0.2, 0.25) is 0 Å². The number of rotatable bonds is 5. The summed E-state index contributed by atoms with van der Waals surface area (Å²) < 4.78 is 14.0. The Balaban J connectivity index is 2.15. The van der Waals surface area contributed by atoms with Crippen LogP contribution in [-0.2, 0) is 14.7 Å². The monoisotopic (exact) mass is 489 g/mol. The smallest absolute Gasteiger partial charge is 0.401 e. The predicted molar refractivity (Wildman–Crippen MR) is 154 cm³/mol. The normalized spacial score (nSPS) is 26.3. The lowest BCUT2D eigenvalue weighted by Crippen LogP contribution is -2.64. The summed E-state index contributed by atoms with van der Waals surface area (Å²) in [6, 6.07) is 17.9. The standard InChI is InChI=1S/C32H48BNO2/c1-22(2)25-19-16-20-26(23(3)4)27(25)34-29(7,8)21-28(5,6)32(34,24-17-14-13-15-18-24)33-35-30(9,10)31(11,12)36-33/h13-20,22-23H,21H2,1-12H3/t32-/m0/s1. The third kappa shape index (κ3) is 3.86. The van der Waals surface area contributed by atoms with Crippen LogP contribution in [0.15, 0.2) is 48.5 Å². The molecule has 2 aromatic rings. The summed E-state index contributed by atoms with van der Waals surface area (Å²) >= 11 is 0. The number of hydrogen-bond donors (Lipinski definition) is 0. The molecule has 0 amide bonds. The van der Waals surface area contributed by atoms with Gasteiger partial charge in [-0.15, -0.1) is 0 Å². The largest absolute Gasteiger partial charge is 0.490 e. The molecule has 0 aliphatic carbocycles. The van der Waals surface area contributed by atoms with Gasteiger partial charge in [-0.3, -0.25) is 0 Å². The van der Waals surface area contributed by atoms with Crippen molar-refractivity contribution in [3.63, 3.8) is 0 Å².